The van der Waals surface area contributed by atoms with Crippen LogP contribution in [0.15, 0.2) is 53.6 Å². The van der Waals surface area contributed by atoms with Gasteiger partial charge in [0.25, 0.3) is 0 Å². The number of fused-ring (bicyclic) bond motifs is 1. The third-order valence-corrected chi connectivity index (χ3v) is 6.10. The van der Waals surface area contributed by atoms with E-state index < -0.39 is 0 Å². The summed E-state index contributed by atoms with van der Waals surface area (Å²) in [6, 6.07) is 7.82. The molecular weight excluding hydrogens is 328 g/mol. The first-order valence-electron chi connectivity index (χ1n) is 10.2. The van der Waals surface area contributed by atoms with Crippen molar-refractivity contribution in [3.05, 3.63) is 64.8 Å². The molecule has 0 amide bonds. The lowest BCUT2D eigenvalue weighted by Crippen LogP contribution is -2.19. The smallest absolute Gasteiger partial charge is 0.190 e. The lowest BCUT2D eigenvalue weighted by Gasteiger charge is -2.30. The monoisotopic (exact) mass is 364 g/mol. The molecule has 1 aliphatic rings. The molecule has 0 fully saturated rings. The second-order valence-corrected chi connectivity index (χ2v) is 9.48. The van der Waals surface area contributed by atoms with Crippen LogP contribution in [-0.2, 0) is 0 Å². The van der Waals surface area contributed by atoms with Crippen molar-refractivity contribution in [2.75, 3.05) is 0 Å². The molecule has 0 heterocycles. The van der Waals surface area contributed by atoms with Gasteiger partial charge in [0.2, 0.25) is 0 Å². The number of rotatable bonds is 7. The molecule has 1 aromatic carbocycles. The quantitative estimate of drug-likeness (QED) is 0.454. The van der Waals surface area contributed by atoms with Crippen LogP contribution in [0.4, 0.5) is 0 Å². The predicted molar refractivity (Wildman–Crippen MR) is 118 cm³/mol. The Hall–Kier alpha value is -1.89. The summed E-state index contributed by atoms with van der Waals surface area (Å²) in [6.07, 6.45) is 5.24. The normalized spacial score (nSPS) is 16.8. The van der Waals surface area contributed by atoms with Crippen molar-refractivity contribution in [3.8, 4) is 0 Å². The molecule has 0 saturated carbocycles. The van der Waals surface area contributed by atoms with Crippen molar-refractivity contribution in [2.24, 2.45) is 17.3 Å². The Balaban J connectivity index is 2.14. The molecule has 1 heteroatoms. The minimum atomic E-state index is 0.159. The number of carbonyl (C=O) groups is 1. The van der Waals surface area contributed by atoms with Crippen LogP contribution in [0.1, 0.15) is 83.7 Å². The predicted octanol–water partition coefficient (Wildman–Crippen LogP) is 7.65. The van der Waals surface area contributed by atoms with Gasteiger partial charge < -0.3 is 0 Å². The van der Waals surface area contributed by atoms with Gasteiger partial charge in [0.15, 0.2) is 5.78 Å². The molecule has 0 radical (unpaired) electrons. The number of Topliss-reactive ketones (excluding diaryl/α,β-unsaturated/α-hetero) is 1. The van der Waals surface area contributed by atoms with Crippen LogP contribution in [0.5, 0.6) is 0 Å². The van der Waals surface area contributed by atoms with E-state index in [0.717, 1.165) is 40.2 Å². The Bertz CT molecular complexity index is 786. The summed E-state index contributed by atoms with van der Waals surface area (Å²) in [4.78, 5) is 13.0. The molecule has 0 N–H and O–H groups in total. The van der Waals surface area contributed by atoms with Crippen LogP contribution in [0, 0.1) is 17.3 Å². The van der Waals surface area contributed by atoms with Gasteiger partial charge in [-0.05, 0) is 67.1 Å². The fourth-order valence-electron chi connectivity index (χ4n) is 4.19. The Morgan fingerprint density at radius 1 is 1.15 bits per heavy atom. The maximum atomic E-state index is 13.0. The molecule has 1 aliphatic carbocycles. The summed E-state index contributed by atoms with van der Waals surface area (Å²) >= 11 is 0. The van der Waals surface area contributed by atoms with Gasteiger partial charge in [-0.25, -0.2) is 0 Å². The molecule has 146 valence electrons. The second kappa shape index (κ2) is 8.42. The maximum Gasteiger partial charge on any atom is 0.190 e. The summed E-state index contributed by atoms with van der Waals surface area (Å²) in [5, 5.41) is 0. The number of allylic oxidation sites excluding steroid dienone is 5. The molecule has 0 bridgehead atoms. The second-order valence-electron chi connectivity index (χ2n) is 9.48. The lowest BCUT2D eigenvalue weighted by atomic mass is 9.75. The van der Waals surface area contributed by atoms with Gasteiger partial charge in [-0.3, -0.25) is 4.79 Å². The van der Waals surface area contributed by atoms with Crippen molar-refractivity contribution in [3.63, 3.8) is 0 Å². The average molecular weight is 365 g/mol. The minimum Gasteiger partial charge on any atom is -0.289 e. The van der Waals surface area contributed by atoms with Crippen molar-refractivity contribution >= 4 is 11.4 Å². The maximum absolute atomic E-state index is 13.0. The fraction of sp³-hybridized carbons (Fsp3) is 0.500. The first-order chi connectivity index (χ1) is 12.5. The Morgan fingerprint density at radius 3 is 2.33 bits per heavy atom. The van der Waals surface area contributed by atoms with Crippen LogP contribution >= 0.6 is 0 Å². The van der Waals surface area contributed by atoms with Gasteiger partial charge >= 0.3 is 0 Å². The molecule has 0 aromatic heterocycles. The highest BCUT2D eigenvalue weighted by atomic mass is 16.1. The summed E-state index contributed by atoms with van der Waals surface area (Å²) < 4.78 is 0. The first kappa shape index (κ1) is 21.4. The highest BCUT2D eigenvalue weighted by molar-refractivity contribution is 6.17. The van der Waals surface area contributed by atoms with E-state index in [1.165, 1.54) is 12.0 Å². The van der Waals surface area contributed by atoms with E-state index in [0.29, 0.717) is 12.3 Å². The lowest BCUT2D eigenvalue weighted by molar-refractivity contribution is 0.103. The third-order valence-electron chi connectivity index (χ3n) is 6.10. The highest BCUT2D eigenvalue weighted by Crippen LogP contribution is 2.37. The van der Waals surface area contributed by atoms with E-state index in [-0.39, 0.29) is 11.2 Å². The summed E-state index contributed by atoms with van der Waals surface area (Å²) in [7, 11) is 0. The number of benzene rings is 1. The van der Waals surface area contributed by atoms with Crippen molar-refractivity contribution < 1.29 is 4.79 Å². The molecule has 1 unspecified atom stereocenters. The molecule has 2 rings (SSSR count). The molecule has 1 aromatic rings. The molecule has 1 atom stereocenters. The van der Waals surface area contributed by atoms with Gasteiger partial charge in [-0.15, -0.1) is 0 Å². The fourth-order valence-corrected chi connectivity index (χ4v) is 4.19. The van der Waals surface area contributed by atoms with Crippen LogP contribution in [0.25, 0.3) is 5.57 Å². The zero-order valence-electron chi connectivity index (χ0n) is 18.3. The molecule has 0 aliphatic heterocycles. The van der Waals surface area contributed by atoms with Crippen molar-refractivity contribution in [2.45, 2.75) is 67.7 Å². The van der Waals surface area contributed by atoms with E-state index in [1.807, 2.05) is 31.2 Å². The van der Waals surface area contributed by atoms with Gasteiger partial charge in [0.1, 0.15) is 0 Å². The van der Waals surface area contributed by atoms with Crippen molar-refractivity contribution in [1.29, 1.82) is 0 Å². The summed E-state index contributed by atoms with van der Waals surface area (Å²) in [5.41, 5.74) is 6.33. The SMILES string of the molecule is C=C1C(C)=C(C/C=C(\C)CC(C)(C)CC(C)C(C)C)C(=O)c2ccccc21. The van der Waals surface area contributed by atoms with Crippen LogP contribution < -0.4 is 0 Å². The standard InChI is InChI=1S/C26H36O/c1-17(2)19(4)16-26(7,8)15-18(3)13-14-23-21(6)20(5)22-11-9-10-12-24(22)25(23)27/h9-13,17,19H,5,14-16H2,1-4,6-8H3/b18-13+. The van der Waals surface area contributed by atoms with E-state index in [2.05, 4.69) is 54.2 Å². The minimum absolute atomic E-state index is 0.159. The third kappa shape index (κ3) is 5.09. The van der Waals surface area contributed by atoms with E-state index >= 15 is 0 Å². The number of carbonyl (C=O) groups excluding carboxylic acids is 1. The van der Waals surface area contributed by atoms with E-state index in [9.17, 15) is 4.79 Å². The Labute approximate surface area is 166 Å². The zero-order chi connectivity index (χ0) is 20.4. The van der Waals surface area contributed by atoms with Gasteiger partial charge in [-0.2, -0.15) is 0 Å². The van der Waals surface area contributed by atoms with Crippen molar-refractivity contribution in [1.82, 2.24) is 0 Å². The molecule has 0 spiro atoms. The Morgan fingerprint density at radius 2 is 1.74 bits per heavy atom. The van der Waals surface area contributed by atoms with Gasteiger partial charge in [0.05, 0.1) is 0 Å². The first-order valence-corrected chi connectivity index (χ1v) is 10.2. The molecular formula is C26H36O. The van der Waals surface area contributed by atoms with E-state index in [1.54, 1.807) is 0 Å². The largest absolute Gasteiger partial charge is 0.289 e. The number of hydrogen-bond acceptors (Lipinski definition) is 1. The topological polar surface area (TPSA) is 17.1 Å². The van der Waals surface area contributed by atoms with Crippen LogP contribution in [-0.4, -0.2) is 5.78 Å². The summed E-state index contributed by atoms with van der Waals surface area (Å²) in [5.74, 6) is 1.59. The summed E-state index contributed by atoms with van der Waals surface area (Å²) in [6.45, 7) is 20.1. The number of ketones is 1. The van der Waals surface area contributed by atoms with Gasteiger partial charge in [-0.1, -0.05) is 77.1 Å². The van der Waals surface area contributed by atoms with E-state index in [4.69, 9.17) is 0 Å². The zero-order valence-corrected chi connectivity index (χ0v) is 18.3. The number of hydrogen-bond donors (Lipinski definition) is 0. The molecule has 1 nitrogen and oxygen atoms in total. The van der Waals surface area contributed by atoms with Crippen LogP contribution in [0.3, 0.4) is 0 Å². The molecule has 27 heavy (non-hydrogen) atoms. The highest BCUT2D eigenvalue weighted by Gasteiger charge is 2.26. The Kier molecular flexibility index (Phi) is 6.68. The molecule has 0 saturated heterocycles. The average Bonchev–Trinajstić information content (AvgIpc) is 2.58. The van der Waals surface area contributed by atoms with Gasteiger partial charge in [0, 0.05) is 11.1 Å². The van der Waals surface area contributed by atoms with Crippen LogP contribution in [0.2, 0.25) is 0 Å².